The van der Waals surface area contributed by atoms with E-state index in [1.54, 1.807) is 18.2 Å². The molecule has 134 valence electrons. The number of hydrogen-bond donors (Lipinski definition) is 0. The molecule has 1 heterocycles. The lowest BCUT2D eigenvalue weighted by Gasteiger charge is -2.12. The summed E-state index contributed by atoms with van der Waals surface area (Å²) in [7, 11) is 3.07. The molecule has 1 aliphatic rings. The van der Waals surface area contributed by atoms with Crippen LogP contribution in [0.2, 0.25) is 5.02 Å². The number of halogens is 1. The van der Waals surface area contributed by atoms with Crippen LogP contribution in [0.5, 0.6) is 11.5 Å². The minimum atomic E-state index is -0.181. The molecule has 0 atom stereocenters. The molecule has 2 aromatic rings. The summed E-state index contributed by atoms with van der Waals surface area (Å²) in [5.41, 5.74) is 3.68. The van der Waals surface area contributed by atoms with Crippen LogP contribution in [0.3, 0.4) is 0 Å². The van der Waals surface area contributed by atoms with Gasteiger partial charge in [-0.25, -0.2) is 0 Å². The van der Waals surface area contributed by atoms with E-state index in [-0.39, 0.29) is 5.91 Å². The van der Waals surface area contributed by atoms with Gasteiger partial charge in [0.1, 0.15) is 0 Å². The predicted octanol–water partition coefficient (Wildman–Crippen LogP) is 4.47. The van der Waals surface area contributed by atoms with Crippen molar-refractivity contribution in [2.75, 3.05) is 19.2 Å². The fourth-order valence-corrected chi connectivity index (χ4v) is 3.10. The molecule has 0 aromatic heterocycles. The summed E-state index contributed by atoms with van der Waals surface area (Å²) >= 11 is 6.25. The zero-order valence-corrected chi connectivity index (χ0v) is 15.8. The van der Waals surface area contributed by atoms with Crippen molar-refractivity contribution in [1.29, 1.82) is 0 Å². The normalized spacial score (nSPS) is 15.4. The Morgan fingerprint density at radius 3 is 2.54 bits per heavy atom. The van der Waals surface area contributed by atoms with Crippen LogP contribution in [-0.4, -0.2) is 25.8 Å². The molecular formula is C20H19ClN2O3. The van der Waals surface area contributed by atoms with E-state index < -0.39 is 0 Å². The molecule has 3 rings (SSSR count). The highest BCUT2D eigenvalue weighted by Crippen LogP contribution is 2.37. The second-order valence-electron chi connectivity index (χ2n) is 5.94. The van der Waals surface area contributed by atoms with Crippen molar-refractivity contribution in [1.82, 2.24) is 0 Å². The van der Waals surface area contributed by atoms with Gasteiger partial charge < -0.3 is 9.47 Å². The van der Waals surface area contributed by atoms with Crippen molar-refractivity contribution >= 4 is 35.0 Å². The third-order valence-electron chi connectivity index (χ3n) is 4.08. The summed E-state index contributed by atoms with van der Waals surface area (Å²) in [5.74, 6) is 0.780. The molecule has 2 aromatic carbocycles. The van der Waals surface area contributed by atoms with E-state index in [9.17, 15) is 4.79 Å². The van der Waals surface area contributed by atoms with Crippen molar-refractivity contribution in [3.05, 3.63) is 58.1 Å². The number of benzene rings is 2. The number of anilines is 1. The molecule has 0 radical (unpaired) electrons. The highest BCUT2D eigenvalue weighted by Gasteiger charge is 2.28. The van der Waals surface area contributed by atoms with Crippen LogP contribution in [0.1, 0.15) is 18.1 Å². The smallest absolute Gasteiger partial charge is 0.280 e. The maximum Gasteiger partial charge on any atom is 0.280 e. The number of methoxy groups -OCH3 is 2. The van der Waals surface area contributed by atoms with Gasteiger partial charge >= 0.3 is 0 Å². The van der Waals surface area contributed by atoms with Gasteiger partial charge in [0.05, 0.1) is 36.2 Å². The van der Waals surface area contributed by atoms with Gasteiger partial charge in [0.25, 0.3) is 5.91 Å². The Balaban J connectivity index is 1.99. The van der Waals surface area contributed by atoms with E-state index in [4.69, 9.17) is 21.1 Å². The van der Waals surface area contributed by atoms with E-state index in [2.05, 4.69) is 5.10 Å². The number of aryl methyl sites for hydroxylation is 1. The summed E-state index contributed by atoms with van der Waals surface area (Å²) in [4.78, 5) is 12.8. The van der Waals surface area contributed by atoms with Crippen LogP contribution < -0.4 is 14.5 Å². The first kappa shape index (κ1) is 18.0. The molecule has 0 saturated carbocycles. The number of carbonyl (C=O) groups is 1. The topological polar surface area (TPSA) is 51.1 Å². The SMILES string of the molecule is COc1cc(C=C2C(=O)N(c3cccc(C)c3)N=C2C)cc(Cl)c1OC. The lowest BCUT2D eigenvalue weighted by Crippen LogP contribution is -2.21. The zero-order valence-electron chi connectivity index (χ0n) is 15.0. The molecule has 5 nitrogen and oxygen atoms in total. The minimum absolute atomic E-state index is 0.181. The summed E-state index contributed by atoms with van der Waals surface area (Å²) in [6, 6.07) is 11.2. The van der Waals surface area contributed by atoms with Crippen molar-refractivity contribution < 1.29 is 14.3 Å². The molecule has 0 fully saturated rings. The molecule has 26 heavy (non-hydrogen) atoms. The summed E-state index contributed by atoms with van der Waals surface area (Å²) < 4.78 is 10.6. The zero-order chi connectivity index (χ0) is 18.8. The van der Waals surface area contributed by atoms with Gasteiger partial charge in [-0.1, -0.05) is 23.7 Å². The molecule has 6 heteroatoms. The standard InChI is InChI=1S/C20H19ClN2O3/c1-12-6-5-7-15(8-12)23-20(24)16(13(2)22-23)9-14-10-17(21)19(26-4)18(11-14)25-3/h5-11H,1-4H3. The van der Waals surface area contributed by atoms with Crippen molar-refractivity contribution in [2.45, 2.75) is 13.8 Å². The van der Waals surface area contributed by atoms with Gasteiger partial charge in [-0.15, -0.1) is 0 Å². The fourth-order valence-electron chi connectivity index (χ4n) is 2.81. The van der Waals surface area contributed by atoms with Crippen molar-refractivity contribution in [2.24, 2.45) is 5.10 Å². The number of rotatable bonds is 4. The van der Waals surface area contributed by atoms with Gasteiger partial charge in [0.2, 0.25) is 0 Å². The molecular weight excluding hydrogens is 352 g/mol. The highest BCUT2D eigenvalue weighted by molar-refractivity contribution is 6.33. The van der Waals surface area contributed by atoms with Crippen LogP contribution in [0, 0.1) is 6.92 Å². The largest absolute Gasteiger partial charge is 0.493 e. The quantitative estimate of drug-likeness (QED) is 0.746. The first-order valence-corrected chi connectivity index (χ1v) is 8.42. The van der Waals surface area contributed by atoms with Crippen LogP contribution in [0.25, 0.3) is 6.08 Å². The lowest BCUT2D eigenvalue weighted by molar-refractivity contribution is -0.114. The average Bonchev–Trinajstić information content (AvgIpc) is 2.89. The number of carbonyl (C=O) groups excluding carboxylic acids is 1. The summed E-state index contributed by atoms with van der Waals surface area (Å²) in [6.07, 6.45) is 1.75. The Morgan fingerprint density at radius 2 is 1.88 bits per heavy atom. The molecule has 0 unspecified atom stereocenters. The summed E-state index contributed by atoms with van der Waals surface area (Å²) in [6.45, 7) is 3.78. The average molecular weight is 371 g/mol. The Morgan fingerprint density at radius 1 is 1.12 bits per heavy atom. The van der Waals surface area contributed by atoms with E-state index in [0.29, 0.717) is 27.8 Å². The number of amides is 1. The molecule has 0 saturated heterocycles. The number of nitrogens with zero attached hydrogens (tertiary/aromatic N) is 2. The first-order chi connectivity index (χ1) is 12.4. The van der Waals surface area contributed by atoms with Crippen molar-refractivity contribution in [3.63, 3.8) is 0 Å². The molecule has 0 spiro atoms. The fraction of sp³-hybridized carbons (Fsp3) is 0.200. The van der Waals surface area contributed by atoms with Crippen LogP contribution in [-0.2, 0) is 4.79 Å². The molecule has 0 N–H and O–H groups in total. The second-order valence-corrected chi connectivity index (χ2v) is 6.34. The van der Waals surface area contributed by atoms with Gasteiger partial charge in [-0.05, 0) is 55.3 Å². The first-order valence-electron chi connectivity index (χ1n) is 8.04. The third kappa shape index (κ3) is 3.30. The maximum atomic E-state index is 12.8. The van der Waals surface area contributed by atoms with E-state index in [0.717, 1.165) is 16.8 Å². The van der Waals surface area contributed by atoms with Crippen LogP contribution in [0.4, 0.5) is 5.69 Å². The molecule has 1 amide bonds. The Labute approximate surface area is 157 Å². The number of hydrogen-bond acceptors (Lipinski definition) is 4. The summed E-state index contributed by atoms with van der Waals surface area (Å²) in [5, 5.41) is 6.23. The molecule has 0 bridgehead atoms. The van der Waals surface area contributed by atoms with E-state index >= 15 is 0 Å². The number of ether oxygens (including phenoxy) is 2. The maximum absolute atomic E-state index is 12.8. The second kappa shape index (κ2) is 7.22. The van der Waals surface area contributed by atoms with Gasteiger partial charge in [0.15, 0.2) is 11.5 Å². The third-order valence-corrected chi connectivity index (χ3v) is 4.36. The Bertz CT molecular complexity index is 935. The van der Waals surface area contributed by atoms with E-state index in [1.807, 2.05) is 38.1 Å². The lowest BCUT2D eigenvalue weighted by atomic mass is 10.1. The van der Waals surface area contributed by atoms with Crippen LogP contribution >= 0.6 is 11.6 Å². The predicted molar refractivity (Wildman–Crippen MR) is 104 cm³/mol. The van der Waals surface area contributed by atoms with Crippen molar-refractivity contribution in [3.8, 4) is 11.5 Å². The monoisotopic (exact) mass is 370 g/mol. The van der Waals surface area contributed by atoms with Gasteiger partial charge in [-0.3, -0.25) is 4.79 Å². The Hall–Kier alpha value is -2.79. The number of hydrazone groups is 1. The minimum Gasteiger partial charge on any atom is -0.493 e. The highest BCUT2D eigenvalue weighted by atomic mass is 35.5. The van der Waals surface area contributed by atoms with Gasteiger partial charge in [0, 0.05) is 0 Å². The Kier molecular flexibility index (Phi) is 5.00. The van der Waals surface area contributed by atoms with Gasteiger partial charge in [-0.2, -0.15) is 10.1 Å². The molecule has 0 aliphatic carbocycles. The van der Waals surface area contributed by atoms with E-state index in [1.165, 1.54) is 19.2 Å². The van der Waals surface area contributed by atoms with Crippen LogP contribution in [0.15, 0.2) is 47.1 Å². The molecule has 1 aliphatic heterocycles.